The highest BCUT2D eigenvalue weighted by Gasteiger charge is 2.33. The maximum absolute atomic E-state index is 12.3. The van der Waals surface area contributed by atoms with Crippen LogP contribution >= 0.6 is 0 Å². The molecule has 1 heterocycles. The molecule has 3 N–H and O–H groups in total. The van der Waals surface area contributed by atoms with E-state index >= 15 is 0 Å². The summed E-state index contributed by atoms with van der Waals surface area (Å²) in [5, 5.41) is 2.95. The maximum atomic E-state index is 12.3. The van der Waals surface area contributed by atoms with Gasteiger partial charge in [0.15, 0.2) is 0 Å². The van der Waals surface area contributed by atoms with Gasteiger partial charge in [0, 0.05) is 20.2 Å². The first-order valence-electron chi connectivity index (χ1n) is 9.62. The number of hydrogen-bond acceptors (Lipinski definition) is 6. The van der Waals surface area contributed by atoms with Gasteiger partial charge in [-0.05, 0) is 32.2 Å². The monoisotopic (exact) mass is 373 g/mol. The number of nitrogens with two attached hydrogens (primary N) is 1. The molecule has 1 unspecified atom stereocenters. The van der Waals surface area contributed by atoms with E-state index in [1.165, 1.54) is 0 Å². The fourth-order valence-electron chi connectivity index (χ4n) is 2.89. The summed E-state index contributed by atoms with van der Waals surface area (Å²) in [6.45, 7) is 3.78. The van der Waals surface area contributed by atoms with Gasteiger partial charge in [-0.15, -0.1) is 0 Å². The Kier molecular flexibility index (Phi) is 13.1. The van der Waals surface area contributed by atoms with Crippen LogP contribution in [0.5, 0.6) is 0 Å². The molecule has 0 bridgehead atoms. The minimum Gasteiger partial charge on any atom is -0.382 e. The van der Waals surface area contributed by atoms with Crippen LogP contribution in [0.15, 0.2) is 0 Å². The first kappa shape index (κ1) is 22.8. The summed E-state index contributed by atoms with van der Waals surface area (Å²) in [7, 11) is 1.61. The summed E-state index contributed by atoms with van der Waals surface area (Å²) in [6, 6.07) is -0.368. The summed E-state index contributed by atoms with van der Waals surface area (Å²) in [5.41, 5.74) is 5.46. The fraction of sp³-hybridized carbons (Fsp3) is 0.889. The predicted octanol–water partition coefficient (Wildman–Crippen LogP) is 0.292. The molecule has 0 saturated carbocycles. The molecule has 1 rings (SSSR count). The normalized spacial score (nSPS) is 16.8. The average molecular weight is 373 g/mol. The molecule has 152 valence electrons. The zero-order chi connectivity index (χ0) is 19.0. The second-order valence-corrected chi connectivity index (χ2v) is 6.40. The third kappa shape index (κ3) is 9.47. The van der Waals surface area contributed by atoms with Gasteiger partial charge in [0.1, 0.15) is 12.6 Å². The molecule has 8 nitrogen and oxygen atoms in total. The predicted molar refractivity (Wildman–Crippen MR) is 98.8 cm³/mol. The second kappa shape index (κ2) is 14.9. The highest BCUT2D eigenvalue weighted by Crippen LogP contribution is 2.17. The molecular weight excluding hydrogens is 338 g/mol. The van der Waals surface area contributed by atoms with Crippen molar-refractivity contribution < 1.29 is 23.8 Å². The number of carbonyl (C=O) groups is 2. The van der Waals surface area contributed by atoms with Crippen LogP contribution in [0.1, 0.15) is 38.5 Å². The van der Waals surface area contributed by atoms with Crippen LogP contribution in [0, 0.1) is 0 Å². The molecule has 0 aromatic carbocycles. The lowest BCUT2D eigenvalue weighted by molar-refractivity contribution is -0.142. The van der Waals surface area contributed by atoms with Crippen molar-refractivity contribution in [2.45, 2.75) is 44.6 Å². The van der Waals surface area contributed by atoms with Crippen molar-refractivity contribution in [1.82, 2.24) is 10.2 Å². The second-order valence-electron chi connectivity index (χ2n) is 6.40. The SMILES string of the molecule is COCCOCCOCC(=O)N1CCCC1C(=O)NCCCCCCN. The van der Waals surface area contributed by atoms with Crippen molar-refractivity contribution in [2.75, 3.05) is 59.8 Å². The third-order valence-electron chi connectivity index (χ3n) is 4.34. The van der Waals surface area contributed by atoms with Crippen molar-refractivity contribution in [3.05, 3.63) is 0 Å². The number of carbonyl (C=O) groups excluding carboxylic acids is 2. The minimum atomic E-state index is -0.368. The summed E-state index contributed by atoms with van der Waals surface area (Å²) in [5.74, 6) is -0.194. The standard InChI is InChI=1S/C18H35N3O5/c1-24-11-12-25-13-14-26-15-17(22)21-10-6-7-16(21)18(23)20-9-5-3-2-4-8-19/h16H,2-15,19H2,1H3,(H,20,23). The molecule has 1 saturated heterocycles. The summed E-state index contributed by atoms with van der Waals surface area (Å²) in [4.78, 5) is 26.3. The molecule has 2 amide bonds. The van der Waals surface area contributed by atoms with E-state index in [4.69, 9.17) is 19.9 Å². The van der Waals surface area contributed by atoms with Crippen LogP contribution < -0.4 is 11.1 Å². The van der Waals surface area contributed by atoms with Crippen LogP contribution in [0.25, 0.3) is 0 Å². The van der Waals surface area contributed by atoms with Gasteiger partial charge in [-0.3, -0.25) is 9.59 Å². The molecule has 1 atom stereocenters. The van der Waals surface area contributed by atoms with Crippen molar-refractivity contribution in [3.8, 4) is 0 Å². The van der Waals surface area contributed by atoms with E-state index in [-0.39, 0.29) is 24.5 Å². The number of amides is 2. The van der Waals surface area contributed by atoms with E-state index in [1.54, 1.807) is 12.0 Å². The maximum Gasteiger partial charge on any atom is 0.249 e. The number of rotatable bonds is 15. The molecule has 1 aliphatic heterocycles. The van der Waals surface area contributed by atoms with Gasteiger partial charge in [0.05, 0.1) is 26.4 Å². The Morgan fingerprint density at radius 2 is 1.81 bits per heavy atom. The van der Waals surface area contributed by atoms with Crippen LogP contribution in [0.4, 0.5) is 0 Å². The first-order valence-corrected chi connectivity index (χ1v) is 9.62. The Balaban J connectivity index is 2.17. The molecule has 0 aromatic rings. The zero-order valence-corrected chi connectivity index (χ0v) is 16.0. The highest BCUT2D eigenvalue weighted by molar-refractivity contribution is 5.88. The van der Waals surface area contributed by atoms with E-state index in [9.17, 15) is 9.59 Å². The highest BCUT2D eigenvalue weighted by atomic mass is 16.5. The molecule has 0 aromatic heterocycles. The number of ether oxygens (including phenoxy) is 3. The Hall–Kier alpha value is -1.22. The van der Waals surface area contributed by atoms with Crippen LogP contribution in [-0.4, -0.2) is 82.5 Å². The molecule has 0 radical (unpaired) electrons. The molecular formula is C18H35N3O5. The molecule has 1 fully saturated rings. The van der Waals surface area contributed by atoms with Gasteiger partial charge in [-0.25, -0.2) is 0 Å². The molecule has 1 aliphatic rings. The van der Waals surface area contributed by atoms with Crippen LogP contribution in [-0.2, 0) is 23.8 Å². The number of hydrogen-bond donors (Lipinski definition) is 2. The smallest absolute Gasteiger partial charge is 0.249 e. The Morgan fingerprint density at radius 1 is 1.08 bits per heavy atom. The quantitative estimate of drug-likeness (QED) is 0.400. The van der Waals surface area contributed by atoms with Gasteiger partial charge in [0.2, 0.25) is 11.8 Å². The van der Waals surface area contributed by atoms with Crippen LogP contribution in [0.2, 0.25) is 0 Å². The lowest BCUT2D eigenvalue weighted by atomic mass is 10.1. The number of likely N-dealkylation sites (tertiary alicyclic amines) is 1. The Bertz CT molecular complexity index is 395. The zero-order valence-electron chi connectivity index (χ0n) is 16.0. The van der Waals surface area contributed by atoms with Crippen molar-refractivity contribution in [1.29, 1.82) is 0 Å². The van der Waals surface area contributed by atoms with E-state index in [0.717, 1.165) is 32.1 Å². The number of nitrogens with one attached hydrogen (secondary N) is 1. The Labute approximate surface area is 156 Å². The van der Waals surface area contributed by atoms with E-state index in [0.29, 0.717) is 52.5 Å². The molecule has 0 spiro atoms. The van der Waals surface area contributed by atoms with E-state index in [2.05, 4.69) is 5.32 Å². The van der Waals surface area contributed by atoms with Crippen molar-refractivity contribution in [3.63, 3.8) is 0 Å². The number of nitrogens with zero attached hydrogens (tertiary/aromatic N) is 1. The van der Waals surface area contributed by atoms with Crippen molar-refractivity contribution in [2.24, 2.45) is 5.73 Å². The lowest BCUT2D eigenvalue weighted by Gasteiger charge is -2.24. The Morgan fingerprint density at radius 3 is 2.58 bits per heavy atom. The van der Waals surface area contributed by atoms with Crippen LogP contribution in [0.3, 0.4) is 0 Å². The summed E-state index contributed by atoms with van der Waals surface area (Å²) < 4.78 is 15.5. The molecule has 8 heteroatoms. The topological polar surface area (TPSA) is 103 Å². The summed E-state index contributed by atoms with van der Waals surface area (Å²) in [6.07, 6.45) is 5.68. The van der Waals surface area contributed by atoms with Gasteiger partial charge in [-0.2, -0.15) is 0 Å². The first-order chi connectivity index (χ1) is 12.7. The van der Waals surface area contributed by atoms with Gasteiger partial charge in [0.25, 0.3) is 0 Å². The van der Waals surface area contributed by atoms with Gasteiger partial charge < -0.3 is 30.2 Å². The fourth-order valence-corrected chi connectivity index (χ4v) is 2.89. The number of unbranched alkanes of at least 4 members (excludes halogenated alkanes) is 3. The van der Waals surface area contributed by atoms with E-state index < -0.39 is 0 Å². The van der Waals surface area contributed by atoms with Crippen molar-refractivity contribution >= 4 is 11.8 Å². The largest absolute Gasteiger partial charge is 0.382 e. The average Bonchev–Trinajstić information content (AvgIpc) is 3.13. The molecule has 26 heavy (non-hydrogen) atoms. The third-order valence-corrected chi connectivity index (χ3v) is 4.34. The van der Waals surface area contributed by atoms with Gasteiger partial charge >= 0.3 is 0 Å². The minimum absolute atomic E-state index is 0.0174. The molecule has 0 aliphatic carbocycles. The summed E-state index contributed by atoms with van der Waals surface area (Å²) >= 11 is 0. The van der Waals surface area contributed by atoms with Gasteiger partial charge in [-0.1, -0.05) is 12.8 Å². The number of methoxy groups -OCH3 is 1. The lowest BCUT2D eigenvalue weighted by Crippen LogP contribution is -2.47. The van der Waals surface area contributed by atoms with E-state index in [1.807, 2.05) is 0 Å².